The van der Waals surface area contributed by atoms with Crippen molar-refractivity contribution in [2.45, 2.75) is 23.8 Å². The molecule has 3 aliphatic heterocycles. The van der Waals surface area contributed by atoms with Gasteiger partial charge in [-0.2, -0.15) is 0 Å². The van der Waals surface area contributed by atoms with E-state index in [-0.39, 0.29) is 11.6 Å². The van der Waals surface area contributed by atoms with Crippen molar-refractivity contribution in [3.63, 3.8) is 0 Å². The van der Waals surface area contributed by atoms with E-state index in [4.69, 9.17) is 54.7 Å². The van der Waals surface area contributed by atoms with E-state index in [0.717, 1.165) is 19.8 Å². The highest BCUT2D eigenvalue weighted by atomic mass is 35.5. The lowest BCUT2D eigenvalue weighted by atomic mass is 10.5. The molecule has 3 rings (SSSR count). The zero-order chi connectivity index (χ0) is 12.0. The van der Waals surface area contributed by atoms with Crippen LogP contribution in [0.25, 0.3) is 0 Å². The minimum atomic E-state index is -0.287. The fraction of sp³-hybridized carbons (Fsp3) is 1.00. The van der Waals surface area contributed by atoms with Crippen molar-refractivity contribution in [2.75, 3.05) is 31.6 Å². The summed E-state index contributed by atoms with van der Waals surface area (Å²) in [6, 6.07) is 0. The average Bonchev–Trinajstić information content (AvgIpc) is 3.22. The number of rotatable bonds is 3. The number of ether oxygens (including phenoxy) is 3. The Balaban J connectivity index is 0.000000121. The Bertz CT molecular complexity index is 173. The number of alkyl halides is 3. The molecule has 0 aromatic rings. The van der Waals surface area contributed by atoms with E-state index >= 15 is 0 Å². The largest absolute Gasteiger partial charge is 0.372 e. The van der Waals surface area contributed by atoms with Crippen molar-refractivity contribution in [1.29, 1.82) is 0 Å². The Kier molecular flexibility index (Phi) is 7.32. The van der Waals surface area contributed by atoms with Crippen LogP contribution in [0.3, 0.4) is 0 Å². The van der Waals surface area contributed by atoms with Gasteiger partial charge in [0, 0.05) is 0 Å². The van der Waals surface area contributed by atoms with E-state index in [1.807, 2.05) is 0 Å². The minimum absolute atomic E-state index is 0.145. The molecular formula is C9H16Cl3NO3. The molecule has 4 atom stereocenters. The van der Waals surface area contributed by atoms with Gasteiger partial charge in [-0.25, -0.2) is 0 Å². The van der Waals surface area contributed by atoms with Gasteiger partial charge in [0.25, 0.3) is 0 Å². The molecule has 0 saturated carbocycles. The van der Waals surface area contributed by atoms with Gasteiger partial charge >= 0.3 is 0 Å². The van der Waals surface area contributed by atoms with Crippen molar-refractivity contribution >= 4 is 34.8 Å². The Hall–Kier alpha value is 0.710. The first-order valence-corrected chi connectivity index (χ1v) is 6.54. The second kappa shape index (κ2) is 7.93. The smallest absolute Gasteiger partial charge is 0.110 e. The number of hydrogen-bond donors (Lipinski definition) is 1. The molecule has 0 aromatic carbocycles. The van der Waals surface area contributed by atoms with E-state index in [9.17, 15) is 0 Å². The lowest BCUT2D eigenvalue weighted by molar-refractivity contribution is 0.402. The molecule has 0 amide bonds. The van der Waals surface area contributed by atoms with Crippen molar-refractivity contribution in [3.05, 3.63) is 0 Å². The number of nitrogens with two attached hydrogens (primary N) is 1. The average molecular weight is 293 g/mol. The molecule has 3 fully saturated rings. The highest BCUT2D eigenvalue weighted by molar-refractivity contribution is 6.20. The second-order valence-corrected chi connectivity index (χ2v) is 4.66. The Morgan fingerprint density at radius 3 is 1.38 bits per heavy atom. The van der Waals surface area contributed by atoms with Gasteiger partial charge < -0.3 is 19.9 Å². The monoisotopic (exact) mass is 291 g/mol. The van der Waals surface area contributed by atoms with E-state index in [2.05, 4.69) is 0 Å². The van der Waals surface area contributed by atoms with Crippen molar-refractivity contribution in [3.8, 4) is 0 Å². The molecule has 0 spiro atoms. The topological polar surface area (TPSA) is 63.6 Å². The molecule has 3 heterocycles. The summed E-state index contributed by atoms with van der Waals surface area (Å²) in [4.78, 5) is 0. The van der Waals surface area contributed by atoms with Crippen molar-refractivity contribution in [2.24, 2.45) is 5.73 Å². The van der Waals surface area contributed by atoms with Crippen LogP contribution in [-0.2, 0) is 14.2 Å². The van der Waals surface area contributed by atoms with E-state index in [1.165, 1.54) is 0 Å². The lowest BCUT2D eigenvalue weighted by Gasteiger charge is -1.89. The molecule has 2 N–H and O–H groups in total. The zero-order valence-electron chi connectivity index (χ0n) is 8.78. The predicted molar refractivity (Wildman–Crippen MR) is 64.5 cm³/mol. The lowest BCUT2D eigenvalue weighted by Crippen LogP contribution is -2.18. The Morgan fingerprint density at radius 1 is 1.00 bits per heavy atom. The third kappa shape index (κ3) is 8.82. The highest BCUT2D eigenvalue weighted by Crippen LogP contribution is 2.13. The molecule has 4 unspecified atom stereocenters. The zero-order valence-corrected chi connectivity index (χ0v) is 11.0. The Labute approximate surface area is 110 Å². The molecule has 4 nitrogen and oxygen atoms in total. The standard InChI is InChI=1S/C3H6ClNO.2C3H5ClO/c4-3(5)2-1-6-2;2*4-1-3-2-5-3/h2-3H,1,5H2;2*3H,1-2H2. The van der Waals surface area contributed by atoms with Crippen molar-refractivity contribution < 1.29 is 14.2 Å². The van der Waals surface area contributed by atoms with Gasteiger partial charge in [0.2, 0.25) is 0 Å². The quantitative estimate of drug-likeness (QED) is 0.482. The van der Waals surface area contributed by atoms with Crippen LogP contribution < -0.4 is 5.73 Å². The summed E-state index contributed by atoms with van der Waals surface area (Å²) >= 11 is 15.9. The maximum atomic E-state index is 5.33. The fourth-order valence-corrected chi connectivity index (χ4v) is 1.06. The maximum absolute atomic E-state index is 5.33. The summed E-state index contributed by atoms with van der Waals surface area (Å²) in [5.74, 6) is 1.33. The summed E-state index contributed by atoms with van der Waals surface area (Å²) in [6.07, 6.45) is 0.944. The van der Waals surface area contributed by atoms with Crippen LogP contribution >= 0.6 is 34.8 Å². The summed E-state index contributed by atoms with van der Waals surface area (Å²) < 4.78 is 14.2. The molecule has 7 heteroatoms. The summed E-state index contributed by atoms with van der Waals surface area (Å²) in [5, 5.41) is 0. The number of epoxide rings is 3. The normalized spacial score (nSPS) is 34.9. The highest BCUT2D eigenvalue weighted by Gasteiger charge is 2.27. The van der Waals surface area contributed by atoms with Crippen LogP contribution in [0.15, 0.2) is 0 Å². The van der Waals surface area contributed by atoms with Gasteiger partial charge in [0.05, 0.1) is 43.8 Å². The van der Waals surface area contributed by atoms with Crippen LogP contribution in [0.5, 0.6) is 0 Å². The van der Waals surface area contributed by atoms with Crippen LogP contribution in [0.2, 0.25) is 0 Å². The van der Waals surface area contributed by atoms with Crippen LogP contribution in [-0.4, -0.2) is 55.4 Å². The van der Waals surface area contributed by atoms with Crippen LogP contribution in [0.4, 0.5) is 0 Å². The van der Waals surface area contributed by atoms with Gasteiger partial charge in [-0.1, -0.05) is 0 Å². The molecular weight excluding hydrogens is 276 g/mol. The molecule has 0 aliphatic carbocycles. The first-order valence-electron chi connectivity index (χ1n) is 5.03. The maximum Gasteiger partial charge on any atom is 0.110 e. The van der Waals surface area contributed by atoms with Gasteiger partial charge in [-0.3, -0.25) is 0 Å². The Morgan fingerprint density at radius 2 is 1.38 bits per heavy atom. The second-order valence-electron chi connectivity index (χ2n) is 3.54. The molecule has 16 heavy (non-hydrogen) atoms. The molecule has 0 bridgehead atoms. The number of hydrogen-bond acceptors (Lipinski definition) is 4. The first-order chi connectivity index (χ1) is 7.67. The van der Waals surface area contributed by atoms with Gasteiger partial charge in [0.1, 0.15) is 11.6 Å². The van der Waals surface area contributed by atoms with Crippen molar-refractivity contribution in [1.82, 2.24) is 0 Å². The summed E-state index contributed by atoms with van der Waals surface area (Å²) in [7, 11) is 0. The fourth-order valence-electron chi connectivity index (χ4n) is 0.554. The van der Waals surface area contributed by atoms with E-state index in [1.54, 1.807) is 0 Å². The van der Waals surface area contributed by atoms with Crippen LogP contribution in [0.1, 0.15) is 0 Å². The predicted octanol–water partition coefficient (Wildman–Crippen LogP) is 1.16. The molecule has 3 aliphatic rings. The molecule has 3 saturated heterocycles. The molecule has 0 aromatic heterocycles. The molecule has 0 radical (unpaired) electrons. The number of halogens is 3. The third-order valence-corrected chi connectivity index (χ3v) is 2.83. The molecule has 96 valence electrons. The first kappa shape index (κ1) is 14.8. The minimum Gasteiger partial charge on any atom is -0.372 e. The van der Waals surface area contributed by atoms with Gasteiger partial charge in [-0.05, 0) is 0 Å². The van der Waals surface area contributed by atoms with E-state index < -0.39 is 0 Å². The summed E-state index contributed by atoms with van der Waals surface area (Å²) in [5.41, 5.74) is 4.85. The SMILES string of the molecule is ClCC1CO1.ClCC1CO1.NC(Cl)C1CO1. The summed E-state index contributed by atoms with van der Waals surface area (Å²) in [6.45, 7) is 2.50. The third-order valence-electron chi connectivity index (χ3n) is 1.86. The van der Waals surface area contributed by atoms with Gasteiger partial charge in [0.15, 0.2) is 0 Å². The van der Waals surface area contributed by atoms with Crippen LogP contribution in [0, 0.1) is 0 Å². The van der Waals surface area contributed by atoms with E-state index in [0.29, 0.717) is 24.0 Å². The van der Waals surface area contributed by atoms with Gasteiger partial charge in [-0.15, -0.1) is 34.8 Å².